The maximum atomic E-state index is 12.9. The number of halogens is 10. The number of hydrogen-bond donors (Lipinski definition) is 2. The molecule has 0 radical (unpaired) electrons. The molecule has 0 spiro atoms. The quantitative estimate of drug-likeness (QED) is 0.0161. The number of hydrogen-bond acceptors (Lipinski definition) is 14. The Bertz CT molecular complexity index is 2950. The Morgan fingerprint density at radius 2 is 0.775 bits per heavy atom. The average molecular weight is 1860 g/mol. The van der Waals surface area contributed by atoms with Gasteiger partial charge >= 0.3 is 23.9 Å². The maximum Gasteiger partial charge on any atom is 0.343 e. The first kappa shape index (κ1) is 75.9. The summed E-state index contributed by atoms with van der Waals surface area (Å²) in [6.45, 7) is 19.0. The number of carbonyl (C=O) groups excluding carboxylic acids is 4. The molecule has 0 aromatic heterocycles. The lowest BCUT2D eigenvalue weighted by Crippen LogP contribution is -2.20. The van der Waals surface area contributed by atoms with Crippen LogP contribution in [0.5, 0.6) is 23.0 Å². The normalized spacial score (nSPS) is 11.1. The molecule has 0 heterocycles. The third-order valence-electron chi connectivity index (χ3n) is 8.91. The molecule has 4 aromatic carbocycles. The Morgan fingerprint density at radius 3 is 1.10 bits per heavy atom. The van der Waals surface area contributed by atoms with Crippen LogP contribution in [0.3, 0.4) is 0 Å². The van der Waals surface area contributed by atoms with Crippen LogP contribution in [0.25, 0.3) is 0 Å². The van der Waals surface area contributed by atoms with E-state index in [9.17, 15) is 28.8 Å². The highest BCUT2D eigenvalue weighted by Gasteiger charge is 2.28. The molecule has 2 N–H and O–H groups in total. The van der Waals surface area contributed by atoms with Crippen molar-refractivity contribution < 1.29 is 67.4 Å². The molecule has 16 nitrogen and oxygen atoms in total. The van der Waals surface area contributed by atoms with Crippen LogP contribution in [0.15, 0.2) is 59.9 Å². The van der Waals surface area contributed by atoms with Crippen LogP contribution in [0.2, 0.25) is 20.1 Å². The summed E-state index contributed by atoms with van der Waals surface area (Å²) in [5.74, 6) is -1.90. The highest BCUT2D eigenvalue weighted by molar-refractivity contribution is 14.1. The van der Waals surface area contributed by atoms with Crippen LogP contribution in [-0.2, 0) is 19.1 Å². The molecule has 0 aliphatic heterocycles. The lowest BCUT2D eigenvalue weighted by molar-refractivity contribution is -0.139. The number of ketones is 2. The van der Waals surface area contributed by atoms with Gasteiger partial charge in [-0.05, 0) is 229 Å². The van der Waals surface area contributed by atoms with Crippen LogP contribution in [-0.4, -0.2) is 121 Å². The molecule has 80 heavy (non-hydrogen) atoms. The Labute approximate surface area is 569 Å². The number of carboxylic acids is 2. The van der Waals surface area contributed by atoms with E-state index in [1.54, 1.807) is 70.0 Å². The van der Waals surface area contributed by atoms with Gasteiger partial charge < -0.3 is 48.4 Å². The predicted octanol–water partition coefficient (Wildman–Crippen LogP) is 15.9. The molecule has 0 saturated heterocycles. The largest absolute Gasteiger partial charge is 0.490 e. The number of benzene rings is 4. The van der Waals surface area contributed by atoms with E-state index in [1.165, 1.54) is 30.6 Å². The lowest BCUT2D eigenvalue weighted by atomic mass is 10.0. The van der Waals surface area contributed by atoms with Crippen molar-refractivity contribution in [3.8, 4) is 23.0 Å². The zero-order valence-electron chi connectivity index (χ0n) is 45.8. The first-order valence-corrected chi connectivity index (χ1v) is 31.7. The topological polar surface area (TPSA) is 205 Å². The number of rotatable bonds is 20. The van der Waals surface area contributed by atoms with E-state index in [0.29, 0.717) is 30.1 Å². The summed E-state index contributed by atoms with van der Waals surface area (Å²) < 4.78 is 36.7. The summed E-state index contributed by atoms with van der Waals surface area (Å²) in [4.78, 5) is 74.9. The second kappa shape index (κ2) is 36.7. The van der Waals surface area contributed by atoms with Gasteiger partial charge in [0.2, 0.25) is 11.6 Å². The lowest BCUT2D eigenvalue weighted by Gasteiger charge is -2.17. The first-order chi connectivity index (χ1) is 37.0. The van der Waals surface area contributed by atoms with Crippen molar-refractivity contribution in [3.63, 3.8) is 0 Å². The van der Waals surface area contributed by atoms with Crippen molar-refractivity contribution in [2.24, 2.45) is 0 Å². The van der Waals surface area contributed by atoms with Crippen molar-refractivity contribution >= 4 is 217 Å². The summed E-state index contributed by atoms with van der Waals surface area (Å²) in [6.07, 6.45) is 2.89. The molecule has 0 fully saturated rings. The monoisotopic (exact) mass is 1860 g/mol. The van der Waals surface area contributed by atoms with E-state index < -0.39 is 35.4 Å². The van der Waals surface area contributed by atoms with Gasteiger partial charge in [0.1, 0.15) is 34.1 Å². The summed E-state index contributed by atoms with van der Waals surface area (Å²) in [5.41, 5.74) is 0.532. The molecular weight excluding hydrogens is 1800 g/mol. The van der Waals surface area contributed by atoms with Gasteiger partial charge in [-0.15, -0.1) is 0 Å². The molecule has 0 bridgehead atoms. The van der Waals surface area contributed by atoms with Crippen LogP contribution >= 0.6 is 182 Å². The highest BCUT2D eigenvalue weighted by atomic mass is 127. The molecule has 0 aliphatic rings. The number of ether oxygens (including phenoxy) is 6. The molecule has 26 heteroatoms. The van der Waals surface area contributed by atoms with Crippen molar-refractivity contribution in [3.05, 3.63) is 124 Å². The molecule has 0 amide bonds. The van der Waals surface area contributed by atoms with Gasteiger partial charge in [0.15, 0.2) is 0 Å². The summed E-state index contributed by atoms with van der Waals surface area (Å²) in [6, 6.07) is 9.40. The summed E-state index contributed by atoms with van der Waals surface area (Å²) in [5, 5.41) is 18.7. The number of carbonyl (C=O) groups is 6. The molecule has 0 aliphatic carbocycles. The standard InChI is InChI=1S/C17H20ClI2NO4.C17H21ClINO4.C10H9ClI2O3.C10H10ClIO3/c1-6-24-17(23)11(8-21(4)5)15(22)10-7-12(19)16(25-9(2)3)14(20)13(10)18;1-6-23-17(22)12(9-20(4)5)16(21)11-7-14(19)15(8-13(11)18)24-10(2)3;1-4(2)16-9-6(12)3-5(10(14)15)7(11)8(9)13;1-5(2)15-9-4-7(11)6(10(13)14)3-8(9)12/h7-9H,6H2,1-5H3;7-10H,6H2,1-5H3;3-4H,1-2H3,(H,14,15);3-5H,1-2H3,(H,13,14). The van der Waals surface area contributed by atoms with E-state index >= 15 is 0 Å². The van der Waals surface area contributed by atoms with Gasteiger partial charge in [-0.25, -0.2) is 19.2 Å². The van der Waals surface area contributed by atoms with E-state index in [-0.39, 0.29) is 91.1 Å². The van der Waals surface area contributed by atoms with Gasteiger partial charge in [0.05, 0.1) is 90.3 Å². The van der Waals surface area contributed by atoms with Gasteiger partial charge in [-0.3, -0.25) is 9.59 Å². The first-order valence-electron chi connectivity index (χ1n) is 23.7. The molecule has 0 unspecified atom stereocenters. The Balaban J connectivity index is 0.000000546. The Morgan fingerprint density at radius 1 is 0.475 bits per heavy atom. The fraction of sp³-hybridized carbons (Fsp3) is 0.370. The Kier molecular flexibility index (Phi) is 34.8. The zero-order chi connectivity index (χ0) is 61.8. The van der Waals surface area contributed by atoms with Crippen molar-refractivity contribution in [2.75, 3.05) is 41.4 Å². The highest BCUT2D eigenvalue weighted by Crippen LogP contribution is 2.39. The molecule has 4 rings (SSSR count). The number of Topliss-reactive ketones (excluding diaryl/α,β-unsaturated/α-hetero) is 2. The second-order valence-electron chi connectivity index (χ2n) is 17.6. The van der Waals surface area contributed by atoms with Gasteiger partial charge in [-0.1, -0.05) is 46.4 Å². The predicted molar refractivity (Wildman–Crippen MR) is 365 cm³/mol. The number of nitrogens with zero attached hydrogens (tertiary/aromatic N) is 2. The van der Waals surface area contributed by atoms with E-state index in [4.69, 9.17) is 85.0 Å². The third kappa shape index (κ3) is 24.5. The van der Waals surface area contributed by atoms with Crippen molar-refractivity contribution in [2.45, 2.75) is 93.7 Å². The average Bonchev–Trinajstić information content (AvgIpc) is 3.34. The molecule has 0 saturated carbocycles. The Hall–Kier alpha value is -2.08. The second-order valence-corrected chi connectivity index (χ2v) is 26.0. The zero-order valence-corrected chi connectivity index (χ0v) is 61.8. The van der Waals surface area contributed by atoms with Crippen LogP contribution < -0.4 is 18.9 Å². The smallest absolute Gasteiger partial charge is 0.343 e. The molecule has 440 valence electrons. The summed E-state index contributed by atoms with van der Waals surface area (Å²) in [7, 11) is 6.89. The van der Waals surface area contributed by atoms with Crippen molar-refractivity contribution in [1.82, 2.24) is 9.80 Å². The molecule has 4 aromatic rings. The molecular formula is C54H60Cl4I6N2O14. The fourth-order valence-electron chi connectivity index (χ4n) is 5.88. The number of aromatic carboxylic acids is 2. The van der Waals surface area contributed by atoms with Crippen LogP contribution in [0.4, 0.5) is 0 Å². The van der Waals surface area contributed by atoms with E-state index in [0.717, 1.165) is 14.3 Å². The maximum absolute atomic E-state index is 12.9. The fourth-order valence-corrected chi connectivity index (χ4v) is 11.9. The third-order valence-corrected chi connectivity index (χ3v) is 16.3. The molecule has 0 atom stereocenters. The van der Waals surface area contributed by atoms with Gasteiger partial charge in [-0.2, -0.15) is 0 Å². The summed E-state index contributed by atoms with van der Waals surface area (Å²) >= 11 is 36.7. The van der Waals surface area contributed by atoms with E-state index in [2.05, 4.69) is 45.2 Å². The van der Waals surface area contributed by atoms with Gasteiger partial charge in [0, 0.05) is 63.9 Å². The minimum Gasteiger partial charge on any atom is -0.490 e. The minimum absolute atomic E-state index is 0.0140. The van der Waals surface area contributed by atoms with Crippen LogP contribution in [0.1, 0.15) is 111 Å². The SMILES string of the molecule is CC(C)Oc1c(I)cc(C(=O)O)c(Cl)c1I.CC(C)Oc1cc(Cl)c(C(=O)O)cc1I.CCOC(=O)C(=CN(C)C)C(=O)c1cc(I)c(OC(C)C)c(I)c1Cl.CCOC(=O)C(=CN(C)C)C(=O)c1cc(I)c(OC(C)C)cc1Cl. The number of esters is 2. The minimum atomic E-state index is -1.03. The van der Waals surface area contributed by atoms with Gasteiger partial charge in [0.25, 0.3) is 0 Å². The van der Waals surface area contributed by atoms with Crippen LogP contribution in [0, 0.1) is 21.4 Å². The van der Waals surface area contributed by atoms with Crippen molar-refractivity contribution in [1.29, 1.82) is 0 Å². The number of carboxylic acid groups (broad SMARTS) is 2. The van der Waals surface area contributed by atoms with E-state index in [1.807, 2.05) is 146 Å².